The molecule has 26 heavy (non-hydrogen) atoms. The van der Waals surface area contributed by atoms with Crippen LogP contribution in [0.3, 0.4) is 0 Å². The van der Waals surface area contributed by atoms with E-state index in [1.54, 1.807) is 13.8 Å². The number of phenols is 1. The maximum absolute atomic E-state index is 12.6. The number of phenolic OH excluding ortho intramolecular Hbond substituents is 1. The molecular weight excluding hydrogens is 358 g/mol. The van der Waals surface area contributed by atoms with Gasteiger partial charge in [-0.3, -0.25) is 10.1 Å². The maximum Gasteiger partial charge on any atom is 0.338 e. The smallest absolute Gasteiger partial charge is 0.338 e. The minimum atomic E-state index is -0.700. The molecule has 0 aromatic heterocycles. The predicted octanol–water partition coefficient (Wildman–Crippen LogP) is 2.78. The maximum atomic E-state index is 12.6. The number of nitro benzene ring substituents is 1. The molecule has 0 saturated carbocycles. The standard InChI is InChI=1S/C17H21N3O5S/c1-4-8-19-10(3)14(16(22)25-5-2)15(18-17(19)26)11-6-7-13(21)12(9-11)20(23)24/h6-7,9,15,21H,4-5,8H2,1-3H3,(H,18,26)/t15-/m0/s1. The Bertz CT molecular complexity index is 778. The van der Waals surface area contributed by atoms with Gasteiger partial charge >= 0.3 is 11.7 Å². The Labute approximate surface area is 156 Å². The van der Waals surface area contributed by atoms with Crippen molar-refractivity contribution < 1.29 is 19.6 Å². The molecule has 0 aliphatic carbocycles. The van der Waals surface area contributed by atoms with Gasteiger partial charge in [-0.25, -0.2) is 4.79 Å². The molecule has 0 spiro atoms. The number of allylic oxidation sites excluding steroid dienone is 1. The van der Waals surface area contributed by atoms with Crippen molar-refractivity contribution in [1.82, 2.24) is 10.2 Å². The Kier molecular flexibility index (Phi) is 6.14. The number of rotatable bonds is 6. The van der Waals surface area contributed by atoms with E-state index < -0.39 is 28.4 Å². The van der Waals surface area contributed by atoms with Crippen LogP contribution in [0.1, 0.15) is 38.8 Å². The van der Waals surface area contributed by atoms with E-state index >= 15 is 0 Å². The molecule has 0 radical (unpaired) electrons. The number of hydrogen-bond acceptors (Lipinski definition) is 6. The van der Waals surface area contributed by atoms with Crippen LogP contribution in [0.5, 0.6) is 5.75 Å². The lowest BCUT2D eigenvalue weighted by Gasteiger charge is -2.37. The fourth-order valence-electron chi connectivity index (χ4n) is 2.86. The summed E-state index contributed by atoms with van der Waals surface area (Å²) in [6, 6.07) is 3.28. The third-order valence-electron chi connectivity index (χ3n) is 4.07. The van der Waals surface area contributed by atoms with Crippen LogP contribution in [0.15, 0.2) is 29.5 Å². The molecule has 1 aromatic carbocycles. The van der Waals surface area contributed by atoms with Crippen molar-refractivity contribution in [1.29, 1.82) is 0 Å². The van der Waals surface area contributed by atoms with Crippen LogP contribution in [-0.4, -0.2) is 39.2 Å². The molecule has 1 aliphatic heterocycles. The summed E-state index contributed by atoms with van der Waals surface area (Å²) in [6.45, 7) is 6.31. The lowest BCUT2D eigenvalue weighted by molar-refractivity contribution is -0.385. The van der Waals surface area contributed by atoms with E-state index in [-0.39, 0.29) is 6.61 Å². The molecule has 1 heterocycles. The second kappa shape index (κ2) is 8.13. The molecule has 8 nitrogen and oxygen atoms in total. The number of nitrogens with zero attached hydrogens (tertiary/aromatic N) is 2. The lowest BCUT2D eigenvalue weighted by Crippen LogP contribution is -2.48. The van der Waals surface area contributed by atoms with Gasteiger partial charge in [-0.15, -0.1) is 0 Å². The summed E-state index contributed by atoms with van der Waals surface area (Å²) in [5.41, 5.74) is 0.992. The molecule has 0 amide bonds. The van der Waals surface area contributed by atoms with Gasteiger partial charge in [0.25, 0.3) is 0 Å². The van der Waals surface area contributed by atoms with Crippen LogP contribution in [0.4, 0.5) is 5.69 Å². The van der Waals surface area contributed by atoms with Crippen molar-refractivity contribution in [3.63, 3.8) is 0 Å². The van der Waals surface area contributed by atoms with Gasteiger partial charge in [0, 0.05) is 18.3 Å². The summed E-state index contributed by atoms with van der Waals surface area (Å²) in [6.07, 6.45) is 0.824. The van der Waals surface area contributed by atoms with E-state index in [2.05, 4.69) is 5.32 Å². The molecule has 0 unspecified atom stereocenters. The molecule has 140 valence electrons. The quantitative estimate of drug-likeness (QED) is 0.336. The summed E-state index contributed by atoms with van der Waals surface area (Å²) in [5.74, 6) is -0.954. The molecule has 1 aliphatic rings. The second-order valence-electron chi connectivity index (χ2n) is 5.76. The van der Waals surface area contributed by atoms with E-state index in [1.165, 1.54) is 18.2 Å². The third kappa shape index (κ3) is 3.77. The fourth-order valence-corrected chi connectivity index (χ4v) is 3.21. The number of esters is 1. The second-order valence-corrected chi connectivity index (χ2v) is 6.15. The molecular formula is C17H21N3O5S. The van der Waals surface area contributed by atoms with Crippen molar-refractivity contribution in [2.45, 2.75) is 33.2 Å². The molecule has 1 atom stereocenters. The van der Waals surface area contributed by atoms with Gasteiger partial charge in [-0.05, 0) is 44.1 Å². The van der Waals surface area contributed by atoms with Gasteiger partial charge in [-0.2, -0.15) is 0 Å². The number of thiocarbonyl (C=S) groups is 1. The van der Waals surface area contributed by atoms with Gasteiger partial charge in [0.05, 0.1) is 23.1 Å². The first-order valence-corrected chi connectivity index (χ1v) is 8.65. The average Bonchev–Trinajstić information content (AvgIpc) is 2.58. The summed E-state index contributed by atoms with van der Waals surface area (Å²) in [5, 5.41) is 24.3. The molecule has 0 fully saturated rings. The van der Waals surface area contributed by atoms with Crippen LogP contribution in [-0.2, 0) is 9.53 Å². The summed E-state index contributed by atoms with van der Waals surface area (Å²) >= 11 is 5.41. The monoisotopic (exact) mass is 379 g/mol. The zero-order valence-corrected chi connectivity index (χ0v) is 15.6. The largest absolute Gasteiger partial charge is 0.502 e. The predicted molar refractivity (Wildman–Crippen MR) is 99.6 cm³/mol. The molecule has 0 saturated heterocycles. The highest BCUT2D eigenvalue weighted by Crippen LogP contribution is 2.35. The number of aromatic hydroxyl groups is 1. The van der Waals surface area contributed by atoms with Crippen LogP contribution >= 0.6 is 12.2 Å². The van der Waals surface area contributed by atoms with Crippen molar-refractivity contribution >= 4 is 29.0 Å². The number of hydrogen-bond donors (Lipinski definition) is 2. The van der Waals surface area contributed by atoms with Crippen LogP contribution in [0.25, 0.3) is 0 Å². The number of nitro groups is 1. The Morgan fingerprint density at radius 3 is 2.73 bits per heavy atom. The topological polar surface area (TPSA) is 105 Å². The zero-order chi connectivity index (χ0) is 19.4. The lowest BCUT2D eigenvalue weighted by atomic mass is 9.94. The first-order valence-electron chi connectivity index (χ1n) is 8.25. The normalized spacial score (nSPS) is 17.1. The molecule has 9 heteroatoms. The number of nitrogens with one attached hydrogen (secondary N) is 1. The molecule has 2 N–H and O–H groups in total. The number of carbonyl (C=O) groups is 1. The summed E-state index contributed by atoms with van der Waals surface area (Å²) in [7, 11) is 0. The van der Waals surface area contributed by atoms with E-state index in [0.29, 0.717) is 28.5 Å². The van der Waals surface area contributed by atoms with E-state index in [0.717, 1.165) is 6.42 Å². The fraction of sp³-hybridized carbons (Fsp3) is 0.412. The van der Waals surface area contributed by atoms with Crippen LogP contribution < -0.4 is 5.32 Å². The average molecular weight is 379 g/mol. The van der Waals surface area contributed by atoms with Crippen molar-refractivity contribution in [3.8, 4) is 5.75 Å². The highest BCUT2D eigenvalue weighted by Gasteiger charge is 2.35. The Morgan fingerprint density at radius 2 is 2.15 bits per heavy atom. The third-order valence-corrected chi connectivity index (χ3v) is 4.41. The van der Waals surface area contributed by atoms with Crippen LogP contribution in [0.2, 0.25) is 0 Å². The van der Waals surface area contributed by atoms with Crippen molar-refractivity contribution in [3.05, 3.63) is 45.1 Å². The van der Waals surface area contributed by atoms with E-state index in [4.69, 9.17) is 17.0 Å². The number of carbonyl (C=O) groups excluding carboxylic acids is 1. The Hall–Kier alpha value is -2.68. The van der Waals surface area contributed by atoms with Crippen molar-refractivity contribution in [2.24, 2.45) is 0 Å². The first kappa shape index (κ1) is 19.6. The molecule has 1 aromatic rings. The van der Waals surface area contributed by atoms with Gasteiger partial charge in [0.15, 0.2) is 10.9 Å². The van der Waals surface area contributed by atoms with E-state index in [9.17, 15) is 20.0 Å². The van der Waals surface area contributed by atoms with E-state index in [1.807, 2.05) is 11.8 Å². The zero-order valence-electron chi connectivity index (χ0n) is 14.8. The minimum Gasteiger partial charge on any atom is -0.502 e. The van der Waals surface area contributed by atoms with Gasteiger partial charge in [0.2, 0.25) is 0 Å². The van der Waals surface area contributed by atoms with Gasteiger partial charge in [0.1, 0.15) is 0 Å². The summed E-state index contributed by atoms with van der Waals surface area (Å²) < 4.78 is 5.18. The van der Waals surface area contributed by atoms with Gasteiger partial charge in [-0.1, -0.05) is 13.0 Å². The first-order chi connectivity index (χ1) is 12.3. The van der Waals surface area contributed by atoms with Crippen LogP contribution in [0, 0.1) is 10.1 Å². The number of benzene rings is 1. The minimum absolute atomic E-state index is 0.205. The Balaban J connectivity index is 2.58. The summed E-state index contributed by atoms with van der Waals surface area (Å²) in [4.78, 5) is 24.8. The Morgan fingerprint density at radius 1 is 1.46 bits per heavy atom. The van der Waals surface area contributed by atoms with Gasteiger partial charge < -0.3 is 20.1 Å². The molecule has 2 rings (SSSR count). The molecule has 0 bridgehead atoms. The van der Waals surface area contributed by atoms with Crippen molar-refractivity contribution in [2.75, 3.05) is 13.2 Å². The SMILES string of the molecule is CCCN1C(=S)N[C@@H](c2ccc(O)c([N+](=O)[O-])c2)C(C(=O)OCC)=C1C. The highest BCUT2D eigenvalue weighted by molar-refractivity contribution is 7.80. The highest BCUT2D eigenvalue weighted by atomic mass is 32.1. The number of ether oxygens (including phenoxy) is 1.